The summed E-state index contributed by atoms with van der Waals surface area (Å²) in [5.74, 6) is 3.19. The van der Waals surface area contributed by atoms with Gasteiger partial charge >= 0.3 is 5.97 Å². The van der Waals surface area contributed by atoms with Crippen molar-refractivity contribution in [1.29, 1.82) is 0 Å². The Morgan fingerprint density at radius 1 is 0.958 bits per heavy atom. The van der Waals surface area contributed by atoms with E-state index in [9.17, 15) is 4.79 Å². The summed E-state index contributed by atoms with van der Waals surface area (Å²) < 4.78 is 6.48. The van der Waals surface area contributed by atoms with E-state index in [2.05, 4.69) is 41.5 Å². The van der Waals surface area contributed by atoms with Crippen LogP contribution < -0.4 is 0 Å². The molecular weight excluding hydrogens is 296 g/mol. The van der Waals surface area contributed by atoms with Crippen LogP contribution >= 0.6 is 0 Å². The predicted octanol–water partition coefficient (Wildman–Crippen LogP) is 5.60. The summed E-state index contributed by atoms with van der Waals surface area (Å²) in [5, 5.41) is 0. The number of rotatable bonds is 3. The topological polar surface area (TPSA) is 26.3 Å². The molecule has 24 heavy (non-hydrogen) atoms. The highest BCUT2D eigenvalue weighted by Crippen LogP contribution is 2.69. The number of hydrogen-bond acceptors (Lipinski definition) is 2. The van der Waals surface area contributed by atoms with Crippen LogP contribution in [0.5, 0.6) is 0 Å². The van der Waals surface area contributed by atoms with Gasteiger partial charge in [0.1, 0.15) is 5.60 Å². The third kappa shape index (κ3) is 2.38. The van der Waals surface area contributed by atoms with Gasteiger partial charge in [0.15, 0.2) is 0 Å². The van der Waals surface area contributed by atoms with Gasteiger partial charge in [-0.3, -0.25) is 4.79 Å². The van der Waals surface area contributed by atoms with Gasteiger partial charge in [0.05, 0.1) is 5.41 Å². The fourth-order valence-electron chi connectivity index (χ4n) is 6.92. The van der Waals surface area contributed by atoms with Crippen molar-refractivity contribution in [3.8, 4) is 0 Å². The molecule has 0 aromatic heterocycles. The number of carbonyl (C=O) groups is 1. The van der Waals surface area contributed by atoms with E-state index in [1.165, 1.54) is 32.1 Å². The molecule has 0 aromatic carbocycles. The van der Waals surface area contributed by atoms with E-state index in [-0.39, 0.29) is 27.8 Å². The first kappa shape index (κ1) is 16.9. The third-order valence-corrected chi connectivity index (χ3v) is 8.21. The molecule has 136 valence electrons. The Hall–Kier alpha value is -0.530. The monoisotopic (exact) mass is 332 g/mol. The number of ether oxygens (including phenoxy) is 1. The Kier molecular flexibility index (Phi) is 3.38. The lowest BCUT2D eigenvalue weighted by Crippen LogP contribution is -2.58. The van der Waals surface area contributed by atoms with Crippen LogP contribution in [0.4, 0.5) is 0 Å². The van der Waals surface area contributed by atoms with Crippen molar-refractivity contribution in [2.75, 3.05) is 0 Å². The minimum absolute atomic E-state index is 0.0969. The molecule has 5 rings (SSSR count). The maximum absolute atomic E-state index is 13.4. The minimum atomic E-state index is -0.247. The molecule has 5 saturated carbocycles. The third-order valence-electron chi connectivity index (χ3n) is 8.21. The van der Waals surface area contributed by atoms with Crippen LogP contribution in [0.1, 0.15) is 86.5 Å². The maximum atomic E-state index is 13.4. The molecule has 0 aromatic rings. The Bertz CT molecular complexity index is 525. The first-order valence-electron chi connectivity index (χ1n) is 10.2. The van der Waals surface area contributed by atoms with Crippen molar-refractivity contribution in [2.45, 2.75) is 92.1 Å². The molecule has 5 fully saturated rings. The van der Waals surface area contributed by atoms with Gasteiger partial charge < -0.3 is 4.74 Å². The average molecular weight is 333 g/mol. The molecule has 1 atom stereocenters. The number of hydrogen-bond donors (Lipinski definition) is 0. The van der Waals surface area contributed by atoms with Crippen LogP contribution in [0.3, 0.4) is 0 Å². The smallest absolute Gasteiger partial charge is 0.313 e. The highest BCUT2D eigenvalue weighted by atomic mass is 16.6. The molecule has 0 heterocycles. The summed E-state index contributed by atoms with van der Waals surface area (Å²) in [6.45, 7) is 13.5. The summed E-state index contributed by atoms with van der Waals surface area (Å²) in [4.78, 5) is 13.4. The minimum Gasteiger partial charge on any atom is -0.458 e. The van der Waals surface area contributed by atoms with Gasteiger partial charge in [0.2, 0.25) is 0 Å². The van der Waals surface area contributed by atoms with Crippen LogP contribution in [0.25, 0.3) is 0 Å². The van der Waals surface area contributed by atoms with Gasteiger partial charge in [-0.1, -0.05) is 34.6 Å². The van der Waals surface area contributed by atoms with Crippen LogP contribution in [0.2, 0.25) is 0 Å². The Morgan fingerprint density at radius 2 is 1.42 bits per heavy atom. The molecule has 1 unspecified atom stereocenters. The molecule has 0 radical (unpaired) electrons. The normalized spacial score (nSPS) is 48.4. The lowest BCUT2D eigenvalue weighted by Gasteiger charge is -2.59. The first-order chi connectivity index (χ1) is 11.0. The second-order valence-electron chi connectivity index (χ2n) is 11.8. The summed E-state index contributed by atoms with van der Waals surface area (Å²) in [5.41, 5.74) is -0.172. The first-order valence-corrected chi connectivity index (χ1v) is 10.2. The maximum Gasteiger partial charge on any atom is 0.313 e. The van der Waals surface area contributed by atoms with Gasteiger partial charge in [0, 0.05) is 0 Å². The number of carbonyl (C=O) groups excluding carboxylic acids is 1. The van der Waals surface area contributed by atoms with Gasteiger partial charge in [-0.25, -0.2) is 0 Å². The van der Waals surface area contributed by atoms with E-state index < -0.39 is 0 Å². The molecule has 2 heteroatoms. The fourth-order valence-corrected chi connectivity index (χ4v) is 6.92. The van der Waals surface area contributed by atoms with Crippen LogP contribution in [0, 0.1) is 39.9 Å². The molecule has 5 aliphatic rings. The van der Waals surface area contributed by atoms with Gasteiger partial charge in [-0.15, -0.1) is 0 Å². The van der Waals surface area contributed by atoms with Crippen LogP contribution in [-0.2, 0) is 9.53 Å². The number of esters is 1. The molecule has 0 spiro atoms. The molecule has 0 N–H and O–H groups in total. The van der Waals surface area contributed by atoms with Crippen molar-refractivity contribution < 1.29 is 9.53 Å². The molecule has 0 amide bonds. The lowest BCUT2D eigenvalue weighted by atomic mass is 9.50. The predicted molar refractivity (Wildman–Crippen MR) is 96.4 cm³/mol. The van der Waals surface area contributed by atoms with Crippen molar-refractivity contribution in [3.63, 3.8) is 0 Å². The molecular formula is C22H36O2. The lowest BCUT2D eigenvalue weighted by molar-refractivity contribution is -0.210. The highest BCUT2D eigenvalue weighted by Gasteiger charge is 2.69. The Balaban J connectivity index is 1.55. The van der Waals surface area contributed by atoms with Crippen molar-refractivity contribution in [1.82, 2.24) is 0 Å². The van der Waals surface area contributed by atoms with E-state index in [1.54, 1.807) is 0 Å². The van der Waals surface area contributed by atoms with Crippen molar-refractivity contribution in [3.05, 3.63) is 0 Å². The molecule has 0 saturated heterocycles. The van der Waals surface area contributed by atoms with Gasteiger partial charge in [0.25, 0.3) is 0 Å². The largest absolute Gasteiger partial charge is 0.458 e. The van der Waals surface area contributed by atoms with Crippen LogP contribution in [0.15, 0.2) is 0 Å². The van der Waals surface area contributed by atoms with E-state index in [0.29, 0.717) is 11.8 Å². The summed E-state index contributed by atoms with van der Waals surface area (Å²) in [6.07, 6.45) is 8.57. The second-order valence-corrected chi connectivity index (χ2v) is 11.8. The fraction of sp³-hybridized carbons (Fsp3) is 0.955. The summed E-state index contributed by atoms with van der Waals surface area (Å²) in [7, 11) is 0. The summed E-state index contributed by atoms with van der Waals surface area (Å²) in [6, 6.07) is 0. The highest BCUT2D eigenvalue weighted by molar-refractivity contribution is 5.82. The Labute approximate surface area is 148 Å². The second kappa shape index (κ2) is 4.80. The van der Waals surface area contributed by atoms with Crippen LogP contribution in [-0.4, -0.2) is 11.6 Å². The SMILES string of the molecule is CC(C)(C)CC1(C(=O)OC2(C)C3CC4CC(C3)CC2C4)CC1(C)C. The standard InChI is InChI=1S/C22H36O2/c1-19(2,3)12-22(13-20(22,4)5)18(23)24-21(6)16-8-14-7-15(10-16)11-17(21)9-14/h14-17H,7-13H2,1-6H3. The van der Waals surface area contributed by atoms with Gasteiger partial charge in [-0.2, -0.15) is 0 Å². The van der Waals surface area contributed by atoms with E-state index in [0.717, 1.165) is 24.7 Å². The summed E-state index contributed by atoms with van der Waals surface area (Å²) >= 11 is 0. The zero-order valence-electron chi connectivity index (χ0n) is 16.6. The molecule has 2 nitrogen and oxygen atoms in total. The quantitative estimate of drug-likeness (QED) is 0.629. The zero-order chi connectivity index (χ0) is 17.5. The van der Waals surface area contributed by atoms with E-state index >= 15 is 0 Å². The van der Waals surface area contributed by atoms with Gasteiger partial charge in [-0.05, 0) is 86.4 Å². The van der Waals surface area contributed by atoms with E-state index in [4.69, 9.17) is 4.74 Å². The van der Waals surface area contributed by atoms with E-state index in [1.807, 2.05) is 0 Å². The average Bonchev–Trinajstić information content (AvgIpc) is 2.95. The van der Waals surface area contributed by atoms with Crippen molar-refractivity contribution >= 4 is 5.97 Å². The molecule has 5 aliphatic carbocycles. The molecule has 4 bridgehead atoms. The zero-order valence-corrected chi connectivity index (χ0v) is 16.6. The molecule has 0 aliphatic heterocycles. The van der Waals surface area contributed by atoms with Crippen molar-refractivity contribution in [2.24, 2.45) is 39.9 Å². The Morgan fingerprint density at radius 3 is 1.79 bits per heavy atom.